The lowest BCUT2D eigenvalue weighted by molar-refractivity contribution is 0.625. The van der Waals surface area contributed by atoms with Gasteiger partial charge in [-0.2, -0.15) is 0 Å². The molecule has 0 saturated carbocycles. The number of hydrogen-bond acceptors (Lipinski definition) is 1. The molecule has 2 heterocycles. The van der Waals surface area contributed by atoms with E-state index in [0.717, 1.165) is 19.5 Å². The van der Waals surface area contributed by atoms with Crippen LogP contribution in [0.3, 0.4) is 0 Å². The van der Waals surface area contributed by atoms with Gasteiger partial charge in [0.1, 0.15) is 0 Å². The Morgan fingerprint density at radius 3 is 2.58 bits per heavy atom. The van der Waals surface area contributed by atoms with Gasteiger partial charge in [0.05, 0.1) is 5.52 Å². The largest absolute Gasteiger partial charge is 0.312 e. The Kier molecular flexibility index (Phi) is 2.42. The van der Waals surface area contributed by atoms with E-state index < -0.39 is 0 Å². The number of fused-ring (bicyclic) bond motifs is 3. The fraction of sp³-hybridized carbons (Fsp3) is 0.176. The Morgan fingerprint density at radius 1 is 0.895 bits per heavy atom. The highest BCUT2D eigenvalue weighted by Crippen LogP contribution is 2.31. The standard InChI is InChI=1S/C17H16N2/c1-2-6-13(7-3-1)19-16-9-5-4-8-14(16)15-10-11-18-12-17(15)19/h1-9,18H,10-12H2. The first-order valence-electron chi connectivity index (χ1n) is 6.82. The second-order valence-corrected chi connectivity index (χ2v) is 5.04. The Balaban J connectivity index is 2.09. The van der Waals surface area contributed by atoms with Crippen molar-refractivity contribution in [3.05, 3.63) is 65.9 Å². The molecule has 1 aliphatic heterocycles. The molecule has 2 heteroatoms. The van der Waals surface area contributed by atoms with Crippen LogP contribution in [0.25, 0.3) is 16.6 Å². The summed E-state index contributed by atoms with van der Waals surface area (Å²) in [4.78, 5) is 0. The van der Waals surface area contributed by atoms with Crippen molar-refractivity contribution in [1.29, 1.82) is 0 Å². The Labute approximate surface area is 112 Å². The zero-order valence-corrected chi connectivity index (χ0v) is 10.8. The van der Waals surface area contributed by atoms with E-state index in [1.54, 1.807) is 0 Å². The zero-order valence-electron chi connectivity index (χ0n) is 10.8. The van der Waals surface area contributed by atoms with Gasteiger partial charge >= 0.3 is 0 Å². The van der Waals surface area contributed by atoms with Crippen LogP contribution in [0.4, 0.5) is 0 Å². The van der Waals surface area contributed by atoms with Crippen molar-refractivity contribution >= 4 is 10.9 Å². The van der Waals surface area contributed by atoms with Gasteiger partial charge in [0.25, 0.3) is 0 Å². The Bertz CT molecular complexity index is 726. The van der Waals surface area contributed by atoms with Crippen molar-refractivity contribution in [2.45, 2.75) is 13.0 Å². The van der Waals surface area contributed by atoms with E-state index in [0.29, 0.717) is 0 Å². The molecule has 0 bridgehead atoms. The maximum atomic E-state index is 3.49. The summed E-state index contributed by atoms with van der Waals surface area (Å²) < 4.78 is 2.40. The van der Waals surface area contributed by atoms with Crippen LogP contribution in [-0.4, -0.2) is 11.1 Å². The number of nitrogens with zero attached hydrogens (tertiary/aromatic N) is 1. The molecule has 2 aromatic carbocycles. The first-order chi connectivity index (χ1) is 9.45. The van der Waals surface area contributed by atoms with Gasteiger partial charge in [-0.15, -0.1) is 0 Å². The topological polar surface area (TPSA) is 17.0 Å². The van der Waals surface area contributed by atoms with Crippen molar-refractivity contribution in [1.82, 2.24) is 9.88 Å². The molecule has 0 unspecified atom stereocenters. The van der Waals surface area contributed by atoms with E-state index >= 15 is 0 Å². The number of benzene rings is 2. The Morgan fingerprint density at radius 2 is 1.68 bits per heavy atom. The van der Waals surface area contributed by atoms with E-state index in [-0.39, 0.29) is 0 Å². The predicted octanol–water partition coefficient (Wildman–Crippen LogP) is 3.28. The van der Waals surface area contributed by atoms with Crippen LogP contribution in [0.2, 0.25) is 0 Å². The first-order valence-corrected chi connectivity index (χ1v) is 6.82. The summed E-state index contributed by atoms with van der Waals surface area (Å²) in [7, 11) is 0. The molecule has 1 N–H and O–H groups in total. The fourth-order valence-corrected chi connectivity index (χ4v) is 3.12. The van der Waals surface area contributed by atoms with Gasteiger partial charge in [-0.05, 0) is 36.7 Å². The highest BCUT2D eigenvalue weighted by Gasteiger charge is 2.19. The third kappa shape index (κ3) is 1.60. The molecular formula is C17H16N2. The SMILES string of the molecule is c1ccc(-n2c3c(c4ccccc42)CCNC3)cc1. The molecule has 2 nitrogen and oxygen atoms in total. The molecule has 0 fully saturated rings. The predicted molar refractivity (Wildman–Crippen MR) is 78.7 cm³/mol. The second kappa shape index (κ2) is 4.25. The average molecular weight is 248 g/mol. The summed E-state index contributed by atoms with van der Waals surface area (Å²) in [5, 5.41) is 4.90. The third-order valence-corrected chi connectivity index (χ3v) is 3.95. The quantitative estimate of drug-likeness (QED) is 0.699. The number of rotatable bonds is 1. The van der Waals surface area contributed by atoms with E-state index in [9.17, 15) is 0 Å². The minimum absolute atomic E-state index is 0.957. The molecule has 0 saturated heterocycles. The van der Waals surface area contributed by atoms with Crippen LogP contribution < -0.4 is 5.32 Å². The number of para-hydroxylation sites is 2. The third-order valence-electron chi connectivity index (χ3n) is 3.95. The van der Waals surface area contributed by atoms with Crippen LogP contribution >= 0.6 is 0 Å². The summed E-state index contributed by atoms with van der Waals surface area (Å²) in [6.45, 7) is 2.04. The normalized spacial score (nSPS) is 14.5. The van der Waals surface area contributed by atoms with Crippen LogP contribution in [0, 0.1) is 0 Å². The minimum Gasteiger partial charge on any atom is -0.312 e. The van der Waals surface area contributed by atoms with E-state index in [1.165, 1.54) is 27.8 Å². The first kappa shape index (κ1) is 10.8. The van der Waals surface area contributed by atoms with E-state index in [2.05, 4.69) is 64.5 Å². The number of aromatic nitrogens is 1. The Hall–Kier alpha value is -2.06. The summed E-state index contributed by atoms with van der Waals surface area (Å²) >= 11 is 0. The van der Waals surface area contributed by atoms with Crippen LogP contribution in [0.1, 0.15) is 11.3 Å². The maximum absolute atomic E-state index is 3.49. The maximum Gasteiger partial charge on any atom is 0.0534 e. The minimum atomic E-state index is 0.957. The monoisotopic (exact) mass is 248 g/mol. The summed E-state index contributed by atoms with van der Waals surface area (Å²) in [6, 6.07) is 19.4. The van der Waals surface area contributed by atoms with Crippen LogP contribution in [0.15, 0.2) is 54.6 Å². The van der Waals surface area contributed by atoms with Crippen molar-refractivity contribution in [2.24, 2.45) is 0 Å². The highest BCUT2D eigenvalue weighted by atomic mass is 15.0. The number of nitrogens with one attached hydrogen (secondary N) is 1. The molecule has 94 valence electrons. The molecule has 0 spiro atoms. The van der Waals surface area contributed by atoms with E-state index in [4.69, 9.17) is 0 Å². The van der Waals surface area contributed by atoms with Crippen molar-refractivity contribution in [3.8, 4) is 5.69 Å². The van der Waals surface area contributed by atoms with E-state index in [1.807, 2.05) is 0 Å². The molecule has 0 aliphatic carbocycles. The summed E-state index contributed by atoms with van der Waals surface area (Å²) in [5.74, 6) is 0. The highest BCUT2D eigenvalue weighted by molar-refractivity contribution is 5.87. The summed E-state index contributed by atoms with van der Waals surface area (Å²) in [5.41, 5.74) is 5.50. The molecule has 1 aliphatic rings. The molecule has 0 atom stereocenters. The molecule has 4 rings (SSSR count). The van der Waals surface area contributed by atoms with Crippen molar-refractivity contribution in [3.63, 3.8) is 0 Å². The lowest BCUT2D eigenvalue weighted by Gasteiger charge is -2.17. The van der Waals surface area contributed by atoms with Gasteiger partial charge in [-0.1, -0.05) is 36.4 Å². The average Bonchev–Trinajstić information content (AvgIpc) is 2.83. The van der Waals surface area contributed by atoms with Gasteiger partial charge in [-0.25, -0.2) is 0 Å². The smallest absolute Gasteiger partial charge is 0.0534 e. The van der Waals surface area contributed by atoms with Crippen LogP contribution in [0.5, 0.6) is 0 Å². The van der Waals surface area contributed by atoms with Crippen molar-refractivity contribution in [2.75, 3.05) is 6.54 Å². The molecule has 0 amide bonds. The summed E-state index contributed by atoms with van der Waals surface area (Å²) in [6.07, 6.45) is 1.12. The second-order valence-electron chi connectivity index (χ2n) is 5.04. The van der Waals surface area contributed by atoms with Gasteiger partial charge < -0.3 is 9.88 Å². The van der Waals surface area contributed by atoms with Gasteiger partial charge in [0.15, 0.2) is 0 Å². The molecular weight excluding hydrogens is 232 g/mol. The van der Waals surface area contributed by atoms with Crippen molar-refractivity contribution < 1.29 is 0 Å². The molecule has 19 heavy (non-hydrogen) atoms. The zero-order chi connectivity index (χ0) is 12.7. The van der Waals surface area contributed by atoms with Gasteiger partial charge in [0, 0.05) is 23.3 Å². The molecule has 0 radical (unpaired) electrons. The lowest BCUT2D eigenvalue weighted by Crippen LogP contribution is -2.24. The number of hydrogen-bond donors (Lipinski definition) is 1. The van der Waals surface area contributed by atoms with Crippen LogP contribution in [-0.2, 0) is 13.0 Å². The molecule has 1 aromatic heterocycles. The fourth-order valence-electron chi connectivity index (χ4n) is 3.12. The molecule has 3 aromatic rings. The van der Waals surface area contributed by atoms with Gasteiger partial charge in [0.2, 0.25) is 0 Å². The van der Waals surface area contributed by atoms with Gasteiger partial charge in [-0.3, -0.25) is 0 Å². The lowest BCUT2D eigenvalue weighted by atomic mass is 10.1.